The number of methoxy groups -OCH3 is 1. The zero-order valence-corrected chi connectivity index (χ0v) is 8.05. The number of aromatic hydroxyl groups is 1. The van der Waals surface area contributed by atoms with Crippen LogP contribution in [0.3, 0.4) is 0 Å². The molecular weight excluding hydrogens is 204 g/mol. The highest BCUT2D eigenvalue weighted by atomic mass is 19.1. The van der Waals surface area contributed by atoms with Gasteiger partial charge in [0.1, 0.15) is 0 Å². The Labute approximate surface area is 85.5 Å². The van der Waals surface area contributed by atoms with Crippen LogP contribution in [0, 0.1) is 23.0 Å². The summed E-state index contributed by atoms with van der Waals surface area (Å²) in [5.74, 6) is -3.47. The first-order valence-corrected chi connectivity index (χ1v) is 4.22. The molecule has 0 atom stereocenters. The molecule has 0 spiro atoms. The van der Waals surface area contributed by atoms with Gasteiger partial charge in [-0.1, -0.05) is 0 Å². The van der Waals surface area contributed by atoms with E-state index in [-0.39, 0.29) is 24.2 Å². The van der Waals surface area contributed by atoms with Gasteiger partial charge in [-0.2, -0.15) is 9.65 Å². The minimum absolute atomic E-state index is 0.125. The molecule has 1 aromatic carbocycles. The normalized spacial score (nSPS) is 9.73. The summed E-state index contributed by atoms with van der Waals surface area (Å²) in [6, 6.07) is 2.82. The van der Waals surface area contributed by atoms with Crippen LogP contribution in [0.4, 0.5) is 8.78 Å². The fraction of sp³-hybridized carbons (Fsp3) is 0.300. The summed E-state index contributed by atoms with van der Waals surface area (Å²) in [7, 11) is 1.21. The Balaban J connectivity index is 3.20. The van der Waals surface area contributed by atoms with Crippen molar-refractivity contribution in [3.8, 4) is 17.6 Å². The summed E-state index contributed by atoms with van der Waals surface area (Å²) in [5.41, 5.74) is 0.229. The quantitative estimate of drug-likeness (QED) is 0.836. The van der Waals surface area contributed by atoms with Crippen molar-refractivity contribution in [1.82, 2.24) is 0 Å². The third kappa shape index (κ3) is 2.15. The second kappa shape index (κ2) is 4.60. The molecule has 0 aliphatic heterocycles. The van der Waals surface area contributed by atoms with E-state index in [1.165, 1.54) is 7.11 Å². The van der Waals surface area contributed by atoms with Crippen LogP contribution in [-0.4, -0.2) is 12.2 Å². The van der Waals surface area contributed by atoms with Crippen LogP contribution in [0.15, 0.2) is 6.07 Å². The smallest absolute Gasteiger partial charge is 0.209 e. The molecule has 3 nitrogen and oxygen atoms in total. The number of hydrogen-bond donors (Lipinski definition) is 1. The van der Waals surface area contributed by atoms with E-state index in [0.717, 1.165) is 6.07 Å². The average Bonchev–Trinajstić information content (AvgIpc) is 2.23. The van der Waals surface area contributed by atoms with Crippen LogP contribution in [0.2, 0.25) is 0 Å². The van der Waals surface area contributed by atoms with Gasteiger partial charge in [0, 0.05) is 12.0 Å². The molecule has 0 heterocycles. The molecule has 0 amide bonds. The molecular formula is C10H9F2NO2. The number of phenols is 1. The highest BCUT2D eigenvalue weighted by Crippen LogP contribution is 2.32. The van der Waals surface area contributed by atoms with Crippen molar-refractivity contribution in [2.45, 2.75) is 12.8 Å². The van der Waals surface area contributed by atoms with E-state index in [2.05, 4.69) is 0 Å². The lowest BCUT2D eigenvalue weighted by atomic mass is 10.1. The van der Waals surface area contributed by atoms with E-state index in [9.17, 15) is 8.78 Å². The Hall–Kier alpha value is -1.83. The molecule has 0 aromatic heterocycles. The maximum atomic E-state index is 13.3. The summed E-state index contributed by atoms with van der Waals surface area (Å²) < 4.78 is 30.9. The number of ether oxygens (including phenoxy) is 1. The number of hydrogen-bond acceptors (Lipinski definition) is 3. The summed E-state index contributed by atoms with van der Waals surface area (Å²) in [4.78, 5) is 0. The Bertz CT molecular complexity index is 413. The molecule has 0 radical (unpaired) electrons. The van der Waals surface area contributed by atoms with Gasteiger partial charge in [-0.25, -0.2) is 4.39 Å². The molecule has 0 saturated heterocycles. The molecule has 80 valence electrons. The number of halogens is 2. The van der Waals surface area contributed by atoms with Crippen LogP contribution in [-0.2, 0) is 6.42 Å². The van der Waals surface area contributed by atoms with Crippen molar-refractivity contribution in [3.05, 3.63) is 23.3 Å². The van der Waals surface area contributed by atoms with E-state index in [1.54, 1.807) is 0 Å². The molecule has 0 aliphatic carbocycles. The van der Waals surface area contributed by atoms with Crippen LogP contribution in [0.1, 0.15) is 12.0 Å². The van der Waals surface area contributed by atoms with Gasteiger partial charge in [-0.3, -0.25) is 0 Å². The standard InChI is InChI=1S/C10H9F2NO2/c1-15-10-6(3-2-4-13)5-7(11)9(14)8(10)12/h5,14H,2-3H2,1H3. The molecule has 0 saturated carbocycles. The summed E-state index contributed by atoms with van der Waals surface area (Å²) in [6.45, 7) is 0. The highest BCUT2D eigenvalue weighted by Gasteiger charge is 2.18. The predicted molar refractivity (Wildman–Crippen MR) is 48.5 cm³/mol. The van der Waals surface area contributed by atoms with Gasteiger partial charge in [0.15, 0.2) is 17.3 Å². The molecule has 1 N–H and O–H groups in total. The van der Waals surface area contributed by atoms with Crippen LogP contribution in [0.25, 0.3) is 0 Å². The Morgan fingerprint density at radius 1 is 1.53 bits per heavy atom. The lowest BCUT2D eigenvalue weighted by Gasteiger charge is -2.09. The third-order valence-electron chi connectivity index (χ3n) is 1.94. The summed E-state index contributed by atoms with van der Waals surface area (Å²) in [5, 5.41) is 17.3. The molecule has 5 heteroatoms. The van der Waals surface area contributed by atoms with E-state index in [4.69, 9.17) is 15.1 Å². The topological polar surface area (TPSA) is 53.2 Å². The van der Waals surface area contributed by atoms with Crippen molar-refractivity contribution in [2.24, 2.45) is 0 Å². The van der Waals surface area contributed by atoms with Gasteiger partial charge in [0.25, 0.3) is 0 Å². The monoisotopic (exact) mass is 213 g/mol. The van der Waals surface area contributed by atoms with Gasteiger partial charge in [0.05, 0.1) is 13.2 Å². The minimum Gasteiger partial charge on any atom is -0.503 e. The fourth-order valence-corrected chi connectivity index (χ4v) is 1.24. The number of aryl methyl sites for hydroxylation is 1. The van der Waals surface area contributed by atoms with Gasteiger partial charge >= 0.3 is 0 Å². The zero-order valence-electron chi connectivity index (χ0n) is 8.05. The Morgan fingerprint density at radius 3 is 2.73 bits per heavy atom. The number of nitriles is 1. The largest absolute Gasteiger partial charge is 0.503 e. The molecule has 0 fully saturated rings. The SMILES string of the molecule is COc1c(CCC#N)cc(F)c(O)c1F. The molecule has 0 aliphatic rings. The van der Waals surface area contributed by atoms with E-state index < -0.39 is 17.4 Å². The second-order valence-electron chi connectivity index (χ2n) is 2.87. The van der Waals surface area contributed by atoms with Crippen molar-refractivity contribution >= 4 is 0 Å². The van der Waals surface area contributed by atoms with Crippen LogP contribution >= 0.6 is 0 Å². The van der Waals surface area contributed by atoms with Gasteiger partial charge in [-0.15, -0.1) is 0 Å². The summed E-state index contributed by atoms with van der Waals surface area (Å²) >= 11 is 0. The number of nitrogens with zero attached hydrogens (tertiary/aromatic N) is 1. The van der Waals surface area contributed by atoms with Crippen LogP contribution in [0.5, 0.6) is 11.5 Å². The fourth-order valence-electron chi connectivity index (χ4n) is 1.24. The molecule has 0 unspecified atom stereocenters. The number of phenolic OH excluding ortho intramolecular Hbond substituents is 1. The van der Waals surface area contributed by atoms with Gasteiger partial charge < -0.3 is 9.84 Å². The van der Waals surface area contributed by atoms with E-state index >= 15 is 0 Å². The maximum absolute atomic E-state index is 13.3. The molecule has 15 heavy (non-hydrogen) atoms. The lowest BCUT2D eigenvalue weighted by molar-refractivity contribution is 0.346. The predicted octanol–water partition coefficient (Wildman–Crippen LogP) is 2.14. The minimum atomic E-state index is -1.13. The lowest BCUT2D eigenvalue weighted by Crippen LogP contribution is -1.98. The first-order valence-electron chi connectivity index (χ1n) is 4.22. The van der Waals surface area contributed by atoms with Crippen molar-refractivity contribution < 1.29 is 18.6 Å². The number of rotatable bonds is 3. The van der Waals surface area contributed by atoms with E-state index in [1.807, 2.05) is 6.07 Å². The molecule has 1 aromatic rings. The Kier molecular flexibility index (Phi) is 3.45. The number of benzene rings is 1. The molecule has 0 bridgehead atoms. The maximum Gasteiger partial charge on any atom is 0.209 e. The first kappa shape index (κ1) is 11.2. The first-order chi connectivity index (χ1) is 7.11. The Morgan fingerprint density at radius 2 is 2.20 bits per heavy atom. The zero-order chi connectivity index (χ0) is 11.4. The molecule has 1 rings (SSSR count). The average molecular weight is 213 g/mol. The van der Waals surface area contributed by atoms with Crippen LogP contribution < -0.4 is 4.74 Å². The van der Waals surface area contributed by atoms with Crippen molar-refractivity contribution in [3.63, 3.8) is 0 Å². The van der Waals surface area contributed by atoms with Gasteiger partial charge in [-0.05, 0) is 12.5 Å². The van der Waals surface area contributed by atoms with Crippen molar-refractivity contribution in [2.75, 3.05) is 7.11 Å². The highest BCUT2D eigenvalue weighted by molar-refractivity contribution is 5.43. The van der Waals surface area contributed by atoms with Crippen molar-refractivity contribution in [1.29, 1.82) is 5.26 Å². The third-order valence-corrected chi connectivity index (χ3v) is 1.94. The second-order valence-corrected chi connectivity index (χ2v) is 2.87. The summed E-state index contributed by atoms with van der Waals surface area (Å²) in [6.07, 6.45) is 0.299. The van der Waals surface area contributed by atoms with E-state index in [0.29, 0.717) is 0 Å². The van der Waals surface area contributed by atoms with Gasteiger partial charge in [0.2, 0.25) is 5.82 Å².